The maximum Gasteiger partial charge on any atom is 0.264 e. The van der Waals surface area contributed by atoms with E-state index in [9.17, 15) is 4.79 Å². The number of piperazine rings is 1. The maximum atomic E-state index is 13.1. The van der Waals surface area contributed by atoms with Gasteiger partial charge < -0.3 is 9.80 Å². The molecule has 1 saturated heterocycles. The first-order valence-electron chi connectivity index (χ1n) is 8.74. The molecule has 0 bridgehead atoms. The predicted octanol–water partition coefficient (Wildman–Crippen LogP) is 2.97. The molecule has 0 spiro atoms. The molecule has 1 aliphatic rings. The fraction of sp³-hybridized carbons (Fsp3) is 0.368. The lowest BCUT2D eigenvalue weighted by Gasteiger charge is -2.35. The third kappa shape index (κ3) is 2.92. The largest absolute Gasteiger partial charge is 0.353 e. The number of anilines is 1. The zero-order valence-corrected chi connectivity index (χ0v) is 16.0. The minimum absolute atomic E-state index is 0.100. The fourth-order valence-electron chi connectivity index (χ4n) is 3.50. The first-order valence-corrected chi connectivity index (χ1v) is 9.56. The molecule has 3 aromatic heterocycles. The molecule has 1 aliphatic heterocycles. The second kappa shape index (κ2) is 6.64. The molecule has 0 radical (unpaired) electrons. The summed E-state index contributed by atoms with van der Waals surface area (Å²) in [5.74, 6) is 1.82. The van der Waals surface area contributed by atoms with Crippen molar-refractivity contribution in [3.63, 3.8) is 0 Å². The van der Waals surface area contributed by atoms with Gasteiger partial charge in [0.25, 0.3) is 5.91 Å². The van der Waals surface area contributed by atoms with Crippen LogP contribution < -0.4 is 4.90 Å². The van der Waals surface area contributed by atoms with Gasteiger partial charge >= 0.3 is 0 Å². The summed E-state index contributed by atoms with van der Waals surface area (Å²) in [5.41, 5.74) is 1.94. The lowest BCUT2D eigenvalue weighted by molar-refractivity contribution is 0.0751. The van der Waals surface area contributed by atoms with E-state index in [1.54, 1.807) is 6.20 Å². The Balaban J connectivity index is 1.55. The standard InChI is InChI=1S/C19H21N5OS/c1-12-16-13(2)21-14(3)22-18(16)26-17(12)19(25)24-10-8-23(9-11-24)15-6-4-5-7-20-15/h4-7H,8-11H2,1-3H3. The highest BCUT2D eigenvalue weighted by Crippen LogP contribution is 2.32. The summed E-state index contributed by atoms with van der Waals surface area (Å²) in [4.78, 5) is 32.3. The number of carbonyl (C=O) groups excluding carboxylic acids is 1. The van der Waals surface area contributed by atoms with Crippen LogP contribution in [0.25, 0.3) is 10.2 Å². The number of fused-ring (bicyclic) bond motifs is 1. The number of aromatic nitrogens is 3. The van der Waals surface area contributed by atoms with Crippen molar-refractivity contribution in [2.75, 3.05) is 31.1 Å². The normalized spacial score (nSPS) is 14.9. The van der Waals surface area contributed by atoms with Gasteiger partial charge in [0.15, 0.2) is 0 Å². The Labute approximate surface area is 156 Å². The van der Waals surface area contributed by atoms with Crippen molar-refractivity contribution in [2.24, 2.45) is 0 Å². The third-order valence-electron chi connectivity index (χ3n) is 4.82. The minimum atomic E-state index is 0.100. The number of hydrogen-bond donors (Lipinski definition) is 0. The number of pyridine rings is 1. The number of carbonyl (C=O) groups is 1. The van der Waals surface area contributed by atoms with Crippen LogP contribution in [0.1, 0.15) is 26.8 Å². The summed E-state index contributed by atoms with van der Waals surface area (Å²) in [6.45, 7) is 8.87. The molecule has 1 amide bonds. The van der Waals surface area contributed by atoms with Gasteiger partial charge in [0.05, 0.1) is 4.88 Å². The van der Waals surface area contributed by atoms with Crippen LogP contribution in [-0.4, -0.2) is 51.9 Å². The zero-order chi connectivity index (χ0) is 18.3. The van der Waals surface area contributed by atoms with Crippen molar-refractivity contribution in [1.82, 2.24) is 19.9 Å². The van der Waals surface area contributed by atoms with E-state index in [2.05, 4.69) is 19.9 Å². The number of amides is 1. The Hall–Kier alpha value is -2.54. The Morgan fingerprint density at radius 3 is 2.54 bits per heavy atom. The first kappa shape index (κ1) is 16.9. The average Bonchev–Trinajstić information content (AvgIpc) is 2.98. The van der Waals surface area contributed by atoms with Crippen LogP contribution in [0.5, 0.6) is 0 Å². The van der Waals surface area contributed by atoms with E-state index in [1.807, 2.05) is 43.9 Å². The Morgan fingerprint density at radius 1 is 1.08 bits per heavy atom. The van der Waals surface area contributed by atoms with Crippen molar-refractivity contribution in [1.29, 1.82) is 0 Å². The number of hydrogen-bond acceptors (Lipinski definition) is 6. The topological polar surface area (TPSA) is 62.2 Å². The molecule has 4 heterocycles. The molecule has 0 aromatic carbocycles. The molecule has 7 heteroatoms. The van der Waals surface area contributed by atoms with E-state index >= 15 is 0 Å². The molecule has 134 valence electrons. The Bertz CT molecular complexity index is 961. The van der Waals surface area contributed by atoms with E-state index in [-0.39, 0.29) is 5.91 Å². The van der Waals surface area contributed by atoms with Gasteiger partial charge in [0.1, 0.15) is 16.5 Å². The van der Waals surface area contributed by atoms with Gasteiger partial charge in [0.2, 0.25) is 0 Å². The second-order valence-corrected chi connectivity index (χ2v) is 7.56. The molecule has 0 aliphatic carbocycles. The van der Waals surface area contributed by atoms with E-state index < -0.39 is 0 Å². The number of rotatable bonds is 2. The Kier molecular flexibility index (Phi) is 4.32. The third-order valence-corrected chi connectivity index (χ3v) is 5.99. The summed E-state index contributed by atoms with van der Waals surface area (Å²) < 4.78 is 0. The van der Waals surface area contributed by atoms with Gasteiger partial charge in [-0.15, -0.1) is 11.3 Å². The van der Waals surface area contributed by atoms with E-state index in [4.69, 9.17) is 0 Å². The van der Waals surface area contributed by atoms with E-state index in [0.717, 1.165) is 51.1 Å². The van der Waals surface area contributed by atoms with Gasteiger partial charge in [-0.3, -0.25) is 4.79 Å². The maximum absolute atomic E-state index is 13.1. The monoisotopic (exact) mass is 367 g/mol. The predicted molar refractivity (Wildman–Crippen MR) is 104 cm³/mol. The molecule has 0 atom stereocenters. The van der Waals surface area contributed by atoms with Gasteiger partial charge in [-0.2, -0.15) is 0 Å². The Morgan fingerprint density at radius 2 is 1.85 bits per heavy atom. The lowest BCUT2D eigenvalue weighted by Crippen LogP contribution is -2.49. The summed E-state index contributed by atoms with van der Waals surface area (Å²) in [7, 11) is 0. The van der Waals surface area contributed by atoms with Gasteiger partial charge in [0, 0.05) is 43.5 Å². The van der Waals surface area contributed by atoms with Crippen LogP contribution in [0.4, 0.5) is 5.82 Å². The number of nitrogens with zero attached hydrogens (tertiary/aromatic N) is 5. The van der Waals surface area contributed by atoms with Crippen LogP contribution in [-0.2, 0) is 0 Å². The van der Waals surface area contributed by atoms with Crippen LogP contribution in [0.15, 0.2) is 24.4 Å². The molecular weight excluding hydrogens is 346 g/mol. The molecule has 6 nitrogen and oxygen atoms in total. The lowest BCUT2D eigenvalue weighted by atomic mass is 10.1. The molecule has 0 saturated carbocycles. The highest BCUT2D eigenvalue weighted by atomic mass is 32.1. The smallest absolute Gasteiger partial charge is 0.264 e. The molecule has 1 fully saturated rings. The quantitative estimate of drug-likeness (QED) is 0.697. The van der Waals surface area contributed by atoms with E-state index in [1.165, 1.54) is 11.3 Å². The second-order valence-electron chi connectivity index (χ2n) is 6.56. The van der Waals surface area contributed by atoms with Crippen LogP contribution >= 0.6 is 11.3 Å². The highest BCUT2D eigenvalue weighted by molar-refractivity contribution is 7.20. The van der Waals surface area contributed by atoms with Crippen molar-refractivity contribution < 1.29 is 4.79 Å². The fourth-order valence-corrected chi connectivity index (χ4v) is 4.75. The molecule has 3 aromatic rings. The zero-order valence-electron chi connectivity index (χ0n) is 15.2. The molecule has 26 heavy (non-hydrogen) atoms. The van der Waals surface area contributed by atoms with Crippen molar-refractivity contribution in [3.8, 4) is 0 Å². The molecule has 0 unspecified atom stereocenters. The SMILES string of the molecule is Cc1nc(C)c2c(C)c(C(=O)N3CCN(c4ccccn4)CC3)sc2n1. The van der Waals surface area contributed by atoms with Gasteiger partial charge in [-0.05, 0) is 38.5 Å². The number of aryl methyl sites for hydroxylation is 3. The highest BCUT2D eigenvalue weighted by Gasteiger charge is 2.26. The summed E-state index contributed by atoms with van der Waals surface area (Å²) in [5, 5.41) is 1.02. The molecular formula is C19H21N5OS. The van der Waals surface area contributed by atoms with Crippen molar-refractivity contribution >= 4 is 33.3 Å². The summed E-state index contributed by atoms with van der Waals surface area (Å²) in [6.07, 6.45) is 1.80. The minimum Gasteiger partial charge on any atom is -0.353 e. The number of thiophene rings is 1. The summed E-state index contributed by atoms with van der Waals surface area (Å²) in [6, 6.07) is 5.92. The first-order chi connectivity index (χ1) is 12.5. The van der Waals surface area contributed by atoms with E-state index in [0.29, 0.717) is 13.1 Å². The van der Waals surface area contributed by atoms with Crippen LogP contribution in [0.3, 0.4) is 0 Å². The van der Waals surface area contributed by atoms with Crippen molar-refractivity contribution in [2.45, 2.75) is 20.8 Å². The van der Waals surface area contributed by atoms with Gasteiger partial charge in [-0.25, -0.2) is 15.0 Å². The van der Waals surface area contributed by atoms with Gasteiger partial charge in [-0.1, -0.05) is 6.07 Å². The summed E-state index contributed by atoms with van der Waals surface area (Å²) >= 11 is 1.48. The van der Waals surface area contributed by atoms with Crippen molar-refractivity contribution in [3.05, 3.63) is 46.4 Å². The molecule has 0 N–H and O–H groups in total. The van der Waals surface area contributed by atoms with Crippen LogP contribution in [0.2, 0.25) is 0 Å². The van der Waals surface area contributed by atoms with Crippen LogP contribution in [0, 0.1) is 20.8 Å². The average molecular weight is 367 g/mol. The molecule has 4 rings (SSSR count).